The van der Waals surface area contributed by atoms with Gasteiger partial charge in [-0.25, -0.2) is 5.84 Å². The number of benzene rings is 1. The van der Waals surface area contributed by atoms with E-state index in [1.54, 1.807) is 6.07 Å². The largest absolute Gasteiger partial charge is 0.377 e. The van der Waals surface area contributed by atoms with Gasteiger partial charge in [0.25, 0.3) is 0 Å². The number of aliphatic hydroxyl groups is 1. The Kier molecular flexibility index (Phi) is 4.96. The van der Waals surface area contributed by atoms with E-state index in [1.165, 1.54) is 0 Å². The van der Waals surface area contributed by atoms with Gasteiger partial charge in [0.05, 0.1) is 0 Å². The molecule has 6 N–H and O–H groups in total. The van der Waals surface area contributed by atoms with Crippen LogP contribution < -0.4 is 17.0 Å². The van der Waals surface area contributed by atoms with Gasteiger partial charge in [0.1, 0.15) is 5.60 Å². The van der Waals surface area contributed by atoms with Gasteiger partial charge in [-0.2, -0.15) is 0 Å². The lowest BCUT2D eigenvalue weighted by atomic mass is 9.84. The average molecular weight is 265 g/mol. The lowest BCUT2D eigenvalue weighted by Crippen LogP contribution is -2.34. The highest BCUT2D eigenvalue weighted by Gasteiger charge is 2.31. The van der Waals surface area contributed by atoms with Crippen LogP contribution in [0.1, 0.15) is 17.5 Å². The molecule has 0 amide bonds. The van der Waals surface area contributed by atoms with Crippen LogP contribution in [0.5, 0.6) is 0 Å². The van der Waals surface area contributed by atoms with Gasteiger partial charge in [-0.15, -0.1) is 0 Å². The van der Waals surface area contributed by atoms with E-state index >= 15 is 0 Å². The maximum atomic E-state index is 10.8. The molecule has 0 fully saturated rings. The molecule has 0 aliphatic heterocycles. The minimum atomic E-state index is -1.31. The third kappa shape index (κ3) is 3.36. The number of rotatable bonds is 1. The third-order valence-corrected chi connectivity index (χ3v) is 2.61. The van der Waals surface area contributed by atoms with Crippen molar-refractivity contribution in [2.75, 3.05) is 0 Å². The number of nitrogens with one attached hydrogen (secondary N) is 1. The topological polar surface area (TPSA) is 101 Å². The Bertz CT molecular complexity index is 476. The first-order valence-corrected chi connectivity index (χ1v) is 5.65. The van der Waals surface area contributed by atoms with Crippen LogP contribution in [-0.4, -0.2) is 16.5 Å². The summed E-state index contributed by atoms with van der Waals surface area (Å²) in [6, 6.07) is 7.39. The molecule has 1 aromatic carbocycles. The summed E-state index contributed by atoms with van der Waals surface area (Å²) in [6.45, 7) is 0. The minimum Gasteiger partial charge on any atom is -0.377 e. The number of thiocarbonyl (C=S) groups is 1. The molecule has 1 atom stereocenters. The highest BCUT2D eigenvalue weighted by Crippen LogP contribution is 2.31. The number of hydrogen-bond donors (Lipinski definition) is 4. The van der Waals surface area contributed by atoms with Gasteiger partial charge >= 0.3 is 0 Å². The summed E-state index contributed by atoms with van der Waals surface area (Å²) in [6.07, 6.45) is 4.72. The molecule has 5 nitrogen and oxygen atoms in total. The van der Waals surface area contributed by atoms with Crippen molar-refractivity contribution in [3.63, 3.8) is 0 Å². The molecule has 1 aromatic rings. The van der Waals surface area contributed by atoms with Crippen molar-refractivity contribution in [1.29, 1.82) is 0 Å². The highest BCUT2D eigenvalue weighted by atomic mass is 32.1. The second-order valence-electron chi connectivity index (χ2n) is 3.74. The van der Waals surface area contributed by atoms with Crippen molar-refractivity contribution in [3.05, 3.63) is 41.5 Å². The number of hydrogen-bond acceptors (Lipinski definition) is 4. The molecule has 96 valence electrons. The van der Waals surface area contributed by atoms with Crippen LogP contribution in [0, 0.1) is 0 Å². The average Bonchev–Trinajstić information content (AvgIpc) is 2.40. The van der Waals surface area contributed by atoms with Crippen molar-refractivity contribution in [3.8, 4) is 0 Å². The van der Waals surface area contributed by atoms with Crippen molar-refractivity contribution < 1.29 is 9.90 Å². The fraction of sp³-hybridized carbons (Fsp3) is 0.167. The fourth-order valence-electron chi connectivity index (χ4n) is 1.62. The molecular formula is C12H15N3O2S. The number of nitrogens with two attached hydrogens (primary N) is 2. The van der Waals surface area contributed by atoms with E-state index in [0.29, 0.717) is 18.3 Å². The maximum Gasteiger partial charge on any atom is 0.177 e. The molecule has 0 radical (unpaired) electrons. The van der Waals surface area contributed by atoms with E-state index in [1.807, 2.05) is 35.8 Å². The fourth-order valence-corrected chi connectivity index (χ4v) is 1.62. The quantitative estimate of drug-likeness (QED) is 0.250. The normalized spacial score (nSPS) is 20.1. The van der Waals surface area contributed by atoms with Crippen molar-refractivity contribution in [1.82, 2.24) is 5.43 Å². The molecule has 6 heteroatoms. The first-order valence-electron chi connectivity index (χ1n) is 5.24. The number of hydrazine groups is 1. The molecule has 1 aliphatic carbocycles. The Morgan fingerprint density at radius 1 is 1.50 bits per heavy atom. The molecule has 0 saturated carbocycles. The van der Waals surface area contributed by atoms with E-state index in [0.717, 1.165) is 5.56 Å². The molecule has 0 spiro atoms. The van der Waals surface area contributed by atoms with E-state index < -0.39 is 5.60 Å². The molecule has 0 saturated heterocycles. The first-order chi connectivity index (χ1) is 8.53. The zero-order valence-corrected chi connectivity index (χ0v) is 10.5. The van der Waals surface area contributed by atoms with Gasteiger partial charge in [-0.05, 0) is 23.3 Å². The molecular weight excluding hydrogens is 250 g/mol. The van der Waals surface area contributed by atoms with Gasteiger partial charge in [-0.1, -0.05) is 36.4 Å². The van der Waals surface area contributed by atoms with E-state index in [4.69, 9.17) is 5.73 Å². The Morgan fingerprint density at radius 3 is 2.67 bits per heavy atom. The SMILES string of the molecule is NNC(N)=S.O=CC1(O)CC=Cc2ccccc21. The third-order valence-electron chi connectivity index (χ3n) is 2.49. The van der Waals surface area contributed by atoms with Crippen LogP contribution in [0.2, 0.25) is 0 Å². The monoisotopic (exact) mass is 265 g/mol. The molecule has 0 bridgehead atoms. The summed E-state index contributed by atoms with van der Waals surface area (Å²) < 4.78 is 0. The molecule has 2 rings (SSSR count). The Balaban J connectivity index is 0.000000280. The van der Waals surface area contributed by atoms with Crippen LogP contribution in [0.3, 0.4) is 0 Å². The van der Waals surface area contributed by atoms with Gasteiger partial charge < -0.3 is 16.3 Å². The van der Waals surface area contributed by atoms with Crippen molar-refractivity contribution in [2.45, 2.75) is 12.0 Å². The smallest absolute Gasteiger partial charge is 0.177 e. The number of carbonyl (C=O) groups is 1. The van der Waals surface area contributed by atoms with E-state index in [2.05, 4.69) is 18.1 Å². The van der Waals surface area contributed by atoms with Gasteiger partial charge in [-0.3, -0.25) is 4.79 Å². The van der Waals surface area contributed by atoms with E-state index in [9.17, 15) is 9.90 Å². The lowest BCUT2D eigenvalue weighted by Gasteiger charge is -2.25. The predicted molar refractivity (Wildman–Crippen MR) is 74.2 cm³/mol. The lowest BCUT2D eigenvalue weighted by molar-refractivity contribution is -0.124. The first kappa shape index (κ1) is 14.3. The van der Waals surface area contributed by atoms with Crippen molar-refractivity contribution >= 4 is 29.7 Å². The molecule has 0 aromatic heterocycles. The maximum absolute atomic E-state index is 10.8. The summed E-state index contributed by atoms with van der Waals surface area (Å²) in [4.78, 5) is 10.8. The zero-order chi connectivity index (χ0) is 13.6. The summed E-state index contributed by atoms with van der Waals surface area (Å²) in [5.74, 6) is 4.66. The standard InChI is InChI=1S/C11H10O2.CH5N3S/c12-8-11(13)7-3-5-9-4-1-2-6-10(9)11;2-1(5)4-3/h1-6,8,13H,7H2;3H2,(H3,2,4,5). The van der Waals surface area contributed by atoms with Crippen LogP contribution in [0.15, 0.2) is 30.3 Å². The van der Waals surface area contributed by atoms with Crippen LogP contribution >= 0.6 is 12.2 Å². The second-order valence-corrected chi connectivity index (χ2v) is 4.18. The van der Waals surface area contributed by atoms with Crippen LogP contribution in [0.25, 0.3) is 6.08 Å². The second kappa shape index (κ2) is 6.25. The number of fused-ring (bicyclic) bond motifs is 1. The summed E-state index contributed by atoms with van der Waals surface area (Å²) >= 11 is 4.24. The number of carbonyl (C=O) groups excluding carboxylic acids is 1. The Hall–Kier alpha value is -1.76. The molecule has 0 heterocycles. The summed E-state index contributed by atoms with van der Waals surface area (Å²) in [5, 5.41) is 10.0. The summed E-state index contributed by atoms with van der Waals surface area (Å²) in [5.41, 5.74) is 7.13. The van der Waals surface area contributed by atoms with Gasteiger partial charge in [0.2, 0.25) is 0 Å². The zero-order valence-electron chi connectivity index (χ0n) is 9.67. The molecule has 1 unspecified atom stereocenters. The predicted octanol–water partition coefficient (Wildman–Crippen LogP) is 0.183. The molecule has 18 heavy (non-hydrogen) atoms. The van der Waals surface area contributed by atoms with Gasteiger partial charge in [0.15, 0.2) is 11.4 Å². The highest BCUT2D eigenvalue weighted by molar-refractivity contribution is 7.80. The van der Waals surface area contributed by atoms with Crippen LogP contribution in [-0.2, 0) is 10.4 Å². The van der Waals surface area contributed by atoms with Gasteiger partial charge in [0, 0.05) is 6.42 Å². The Labute approximate surface area is 110 Å². The number of aldehydes is 1. The molecule has 1 aliphatic rings. The van der Waals surface area contributed by atoms with Crippen molar-refractivity contribution in [2.24, 2.45) is 11.6 Å². The van der Waals surface area contributed by atoms with Crippen LogP contribution in [0.4, 0.5) is 0 Å². The summed E-state index contributed by atoms with van der Waals surface area (Å²) in [7, 11) is 0. The minimum absolute atomic E-state index is 0.116. The van der Waals surface area contributed by atoms with E-state index in [-0.39, 0.29) is 5.11 Å². The Morgan fingerprint density at radius 2 is 2.11 bits per heavy atom.